The van der Waals surface area contributed by atoms with Crippen molar-refractivity contribution in [3.63, 3.8) is 0 Å². The first-order chi connectivity index (χ1) is 8.63. The van der Waals surface area contributed by atoms with Crippen molar-refractivity contribution in [3.8, 4) is 0 Å². The number of hydrogen-bond donors (Lipinski definition) is 1. The second-order valence-corrected chi connectivity index (χ2v) is 4.34. The Labute approximate surface area is 106 Å². The molecular weight excluding hydrogens is 228 g/mol. The summed E-state index contributed by atoms with van der Waals surface area (Å²) < 4.78 is 1.60. The van der Waals surface area contributed by atoms with Crippen molar-refractivity contribution in [3.05, 3.63) is 41.7 Å². The molecule has 0 amide bonds. The Kier molecular flexibility index (Phi) is 3.72. The summed E-state index contributed by atoms with van der Waals surface area (Å²) in [6.07, 6.45) is 3.36. The Bertz CT molecular complexity index is 530. The lowest BCUT2D eigenvalue weighted by atomic mass is 10.1. The molecule has 2 N–H and O–H groups in total. The van der Waals surface area contributed by atoms with Crippen LogP contribution in [0.25, 0.3) is 0 Å². The number of hydrogen-bond acceptors (Lipinski definition) is 4. The summed E-state index contributed by atoms with van der Waals surface area (Å²) in [4.78, 5) is 11.8. The van der Waals surface area contributed by atoms with Gasteiger partial charge < -0.3 is 5.73 Å². The third-order valence-corrected chi connectivity index (χ3v) is 2.70. The van der Waals surface area contributed by atoms with Crippen molar-refractivity contribution in [2.24, 2.45) is 7.05 Å². The molecule has 0 unspecified atom stereocenters. The second kappa shape index (κ2) is 5.44. The van der Waals surface area contributed by atoms with E-state index in [1.807, 2.05) is 24.3 Å². The molecule has 0 aliphatic rings. The molecule has 0 saturated carbocycles. The summed E-state index contributed by atoms with van der Waals surface area (Å²) in [7, 11) is 1.79. The summed E-state index contributed by atoms with van der Waals surface area (Å²) in [6, 6.07) is 7.60. The number of rotatable bonds is 5. The molecule has 0 spiro atoms. The molecule has 1 aromatic carbocycles. The SMILES string of the molecule is Cn1cc(CC(=O)CCc2ccc(N)cc2)nn1. The molecule has 0 fully saturated rings. The highest BCUT2D eigenvalue weighted by Gasteiger charge is 2.07. The Hall–Kier alpha value is -2.17. The van der Waals surface area contributed by atoms with Crippen LogP contribution in [-0.2, 0) is 24.7 Å². The maximum atomic E-state index is 11.8. The van der Waals surface area contributed by atoms with Crippen LogP contribution >= 0.6 is 0 Å². The quantitative estimate of drug-likeness (QED) is 0.800. The Morgan fingerprint density at radius 2 is 2.06 bits per heavy atom. The van der Waals surface area contributed by atoms with Gasteiger partial charge in [0.25, 0.3) is 0 Å². The number of ketones is 1. The molecule has 5 nitrogen and oxygen atoms in total. The van der Waals surface area contributed by atoms with Gasteiger partial charge in [-0.15, -0.1) is 5.10 Å². The number of carbonyl (C=O) groups excluding carboxylic acids is 1. The highest BCUT2D eigenvalue weighted by atomic mass is 16.1. The maximum absolute atomic E-state index is 11.8. The average Bonchev–Trinajstić information content (AvgIpc) is 2.74. The number of nitrogens with zero attached hydrogens (tertiary/aromatic N) is 3. The molecule has 0 radical (unpaired) electrons. The van der Waals surface area contributed by atoms with Crippen molar-refractivity contribution < 1.29 is 4.79 Å². The molecule has 94 valence electrons. The van der Waals surface area contributed by atoms with Crippen LogP contribution in [0.4, 0.5) is 5.69 Å². The molecule has 2 rings (SSSR count). The summed E-state index contributed by atoms with van der Waals surface area (Å²) in [5, 5.41) is 7.70. The van der Waals surface area contributed by atoms with Crippen LogP contribution < -0.4 is 5.73 Å². The average molecular weight is 244 g/mol. The van der Waals surface area contributed by atoms with Crippen LogP contribution in [0.1, 0.15) is 17.7 Å². The van der Waals surface area contributed by atoms with Gasteiger partial charge in [-0.25, -0.2) is 0 Å². The zero-order valence-electron chi connectivity index (χ0n) is 10.3. The molecule has 18 heavy (non-hydrogen) atoms. The highest BCUT2D eigenvalue weighted by molar-refractivity contribution is 5.80. The number of benzene rings is 1. The molecule has 1 heterocycles. The number of carbonyl (C=O) groups is 1. The van der Waals surface area contributed by atoms with E-state index in [-0.39, 0.29) is 5.78 Å². The number of anilines is 1. The van der Waals surface area contributed by atoms with E-state index in [2.05, 4.69) is 10.3 Å². The first-order valence-electron chi connectivity index (χ1n) is 5.85. The monoisotopic (exact) mass is 244 g/mol. The van der Waals surface area contributed by atoms with E-state index in [1.165, 1.54) is 0 Å². The molecular formula is C13H16N4O. The fourth-order valence-electron chi connectivity index (χ4n) is 1.73. The zero-order valence-corrected chi connectivity index (χ0v) is 10.3. The molecule has 1 aromatic heterocycles. The normalized spacial score (nSPS) is 10.5. The van der Waals surface area contributed by atoms with Crippen LogP contribution in [0.5, 0.6) is 0 Å². The van der Waals surface area contributed by atoms with Gasteiger partial charge in [-0.3, -0.25) is 9.48 Å². The summed E-state index contributed by atoms with van der Waals surface area (Å²) in [5.41, 5.74) is 8.19. The van der Waals surface area contributed by atoms with E-state index in [9.17, 15) is 4.79 Å². The lowest BCUT2D eigenvalue weighted by Gasteiger charge is -2.01. The van der Waals surface area contributed by atoms with E-state index in [1.54, 1.807) is 17.9 Å². The van der Waals surface area contributed by atoms with E-state index < -0.39 is 0 Å². The van der Waals surface area contributed by atoms with Gasteiger partial charge in [-0.1, -0.05) is 17.3 Å². The summed E-state index contributed by atoms with van der Waals surface area (Å²) in [5.74, 6) is 0.173. The lowest BCUT2D eigenvalue weighted by molar-refractivity contribution is -0.118. The van der Waals surface area contributed by atoms with Gasteiger partial charge in [0.1, 0.15) is 5.78 Å². The summed E-state index contributed by atoms with van der Waals surface area (Å²) >= 11 is 0. The Morgan fingerprint density at radius 1 is 1.33 bits per heavy atom. The predicted molar refractivity (Wildman–Crippen MR) is 68.9 cm³/mol. The Balaban J connectivity index is 1.83. The predicted octanol–water partition coefficient (Wildman–Crippen LogP) is 1.14. The van der Waals surface area contributed by atoms with Gasteiger partial charge in [-0.2, -0.15) is 0 Å². The minimum Gasteiger partial charge on any atom is -0.399 e. The number of nitrogen functional groups attached to an aromatic ring is 1. The third-order valence-electron chi connectivity index (χ3n) is 2.70. The van der Waals surface area contributed by atoms with Crippen LogP contribution in [0.15, 0.2) is 30.5 Å². The minimum atomic E-state index is 0.173. The fourth-order valence-corrected chi connectivity index (χ4v) is 1.73. The topological polar surface area (TPSA) is 73.8 Å². The second-order valence-electron chi connectivity index (χ2n) is 4.34. The number of nitrogens with two attached hydrogens (primary N) is 1. The highest BCUT2D eigenvalue weighted by Crippen LogP contribution is 2.08. The van der Waals surface area contributed by atoms with Crippen molar-refractivity contribution >= 4 is 11.5 Å². The number of Topliss-reactive ketones (excluding diaryl/α,β-unsaturated/α-hetero) is 1. The first-order valence-corrected chi connectivity index (χ1v) is 5.85. The van der Waals surface area contributed by atoms with Crippen molar-refractivity contribution in [2.75, 3.05) is 5.73 Å². The first kappa shape index (κ1) is 12.3. The zero-order chi connectivity index (χ0) is 13.0. The van der Waals surface area contributed by atoms with Crippen LogP contribution in [0, 0.1) is 0 Å². The van der Waals surface area contributed by atoms with Gasteiger partial charge in [0.15, 0.2) is 0 Å². The van der Waals surface area contributed by atoms with Gasteiger partial charge in [0, 0.05) is 25.4 Å². The van der Waals surface area contributed by atoms with E-state index in [0.717, 1.165) is 23.4 Å². The molecule has 0 saturated heterocycles. The molecule has 0 atom stereocenters. The van der Waals surface area contributed by atoms with Crippen molar-refractivity contribution in [2.45, 2.75) is 19.3 Å². The van der Waals surface area contributed by atoms with Gasteiger partial charge >= 0.3 is 0 Å². The van der Waals surface area contributed by atoms with Crippen LogP contribution in [-0.4, -0.2) is 20.8 Å². The maximum Gasteiger partial charge on any atom is 0.139 e. The fraction of sp³-hybridized carbons (Fsp3) is 0.308. The summed E-state index contributed by atoms with van der Waals surface area (Å²) in [6.45, 7) is 0. The molecule has 5 heteroatoms. The van der Waals surface area contributed by atoms with Crippen molar-refractivity contribution in [1.82, 2.24) is 15.0 Å². The van der Waals surface area contributed by atoms with Gasteiger partial charge in [0.2, 0.25) is 0 Å². The van der Waals surface area contributed by atoms with E-state index >= 15 is 0 Å². The molecule has 0 bridgehead atoms. The number of aryl methyl sites for hydroxylation is 2. The number of aromatic nitrogens is 3. The molecule has 0 aliphatic carbocycles. The van der Waals surface area contributed by atoms with Gasteiger partial charge in [0.05, 0.1) is 12.1 Å². The smallest absolute Gasteiger partial charge is 0.139 e. The standard InChI is InChI=1S/C13H16N4O/c1-17-9-12(15-16-17)8-13(18)7-4-10-2-5-11(14)6-3-10/h2-3,5-6,9H,4,7-8,14H2,1H3. The van der Waals surface area contributed by atoms with Gasteiger partial charge in [-0.05, 0) is 24.1 Å². The van der Waals surface area contributed by atoms with Crippen molar-refractivity contribution in [1.29, 1.82) is 0 Å². The van der Waals surface area contributed by atoms with E-state index in [0.29, 0.717) is 12.8 Å². The Morgan fingerprint density at radius 3 is 2.67 bits per heavy atom. The third kappa shape index (κ3) is 3.41. The molecule has 0 aliphatic heterocycles. The van der Waals surface area contributed by atoms with Crippen LogP contribution in [0.2, 0.25) is 0 Å². The van der Waals surface area contributed by atoms with Crippen LogP contribution in [0.3, 0.4) is 0 Å². The lowest BCUT2D eigenvalue weighted by Crippen LogP contribution is -2.04. The van der Waals surface area contributed by atoms with E-state index in [4.69, 9.17) is 5.73 Å². The largest absolute Gasteiger partial charge is 0.399 e. The minimum absolute atomic E-state index is 0.173. The molecule has 2 aromatic rings.